The quantitative estimate of drug-likeness (QED) is 0.443. The van der Waals surface area contributed by atoms with E-state index in [1.165, 1.54) is 12.1 Å². The maximum atomic E-state index is 13.0. The van der Waals surface area contributed by atoms with Crippen molar-refractivity contribution in [3.63, 3.8) is 0 Å². The van der Waals surface area contributed by atoms with Gasteiger partial charge < -0.3 is 4.74 Å². The highest BCUT2D eigenvalue weighted by Crippen LogP contribution is 2.19. The summed E-state index contributed by atoms with van der Waals surface area (Å²) in [6.07, 6.45) is -0.0428. The molecule has 1 heterocycles. The lowest BCUT2D eigenvalue weighted by atomic mass is 10.0. The van der Waals surface area contributed by atoms with Crippen LogP contribution >= 0.6 is 0 Å². The van der Waals surface area contributed by atoms with Crippen LogP contribution in [0.1, 0.15) is 15.9 Å². The summed E-state index contributed by atoms with van der Waals surface area (Å²) in [7, 11) is 0. The molecule has 0 aliphatic carbocycles. The molecule has 0 saturated carbocycles. The van der Waals surface area contributed by atoms with Gasteiger partial charge in [0.05, 0.1) is 12.0 Å². The van der Waals surface area contributed by atoms with Crippen LogP contribution in [-0.4, -0.2) is 11.9 Å². The molecule has 0 saturated heterocycles. The van der Waals surface area contributed by atoms with Crippen molar-refractivity contribution in [3.05, 3.63) is 35.1 Å². The lowest BCUT2D eigenvalue weighted by Gasteiger charge is -2.13. The molecule has 1 aliphatic heterocycles. The first-order valence-electron chi connectivity index (χ1n) is 3.71. The summed E-state index contributed by atoms with van der Waals surface area (Å²) in [5.74, 6) is -2.18. The largest absolute Gasteiger partial charge is 0.389 e. The first kappa shape index (κ1) is 7.91. The van der Waals surface area contributed by atoms with Crippen molar-refractivity contribution in [3.8, 4) is 0 Å². The molecular weight excluding hydrogens is 175 g/mol. The Morgan fingerprint density at radius 2 is 2.08 bits per heavy atom. The van der Waals surface area contributed by atoms with Crippen LogP contribution in [0.25, 0.3) is 0 Å². The van der Waals surface area contributed by atoms with Crippen molar-refractivity contribution in [2.24, 2.45) is 0 Å². The molecule has 1 aromatic rings. The van der Waals surface area contributed by atoms with Gasteiger partial charge in [-0.25, -0.2) is 9.18 Å². The summed E-state index contributed by atoms with van der Waals surface area (Å²) in [6, 6.07) is 4.16. The smallest absolute Gasteiger partial charge is 0.349 e. The van der Waals surface area contributed by atoms with E-state index in [0.29, 0.717) is 5.56 Å². The van der Waals surface area contributed by atoms with E-state index in [4.69, 9.17) is 0 Å². The number of ether oxygens (including phenoxy) is 1. The van der Waals surface area contributed by atoms with E-state index in [2.05, 4.69) is 4.74 Å². The molecule has 2 rings (SSSR count). The van der Waals surface area contributed by atoms with Crippen LogP contribution in [0.4, 0.5) is 4.39 Å². The summed E-state index contributed by atoms with van der Waals surface area (Å²) < 4.78 is 17.3. The Bertz CT molecular complexity index is 398. The Hall–Kier alpha value is -1.71. The lowest BCUT2D eigenvalue weighted by molar-refractivity contribution is -0.137. The van der Waals surface area contributed by atoms with E-state index in [1.807, 2.05) is 0 Å². The zero-order chi connectivity index (χ0) is 9.42. The second-order valence-corrected chi connectivity index (χ2v) is 2.71. The van der Waals surface area contributed by atoms with E-state index in [0.717, 1.165) is 6.07 Å². The Morgan fingerprint density at radius 3 is 2.85 bits per heavy atom. The number of hydrogen-bond donors (Lipinski definition) is 0. The zero-order valence-electron chi connectivity index (χ0n) is 6.54. The van der Waals surface area contributed by atoms with Crippen LogP contribution in [0.5, 0.6) is 0 Å². The van der Waals surface area contributed by atoms with E-state index in [1.54, 1.807) is 0 Å². The van der Waals surface area contributed by atoms with Crippen molar-refractivity contribution < 1.29 is 18.7 Å². The molecule has 0 aromatic heterocycles. The average Bonchev–Trinajstić information content (AvgIpc) is 2.02. The molecule has 0 radical (unpaired) electrons. The lowest BCUT2D eigenvalue weighted by Crippen LogP contribution is -2.23. The molecule has 0 N–H and O–H groups in total. The van der Waals surface area contributed by atoms with Crippen LogP contribution in [0, 0.1) is 5.82 Å². The molecule has 0 fully saturated rings. The number of esters is 2. The Morgan fingerprint density at radius 1 is 1.31 bits per heavy atom. The summed E-state index contributed by atoms with van der Waals surface area (Å²) >= 11 is 0. The minimum absolute atomic E-state index is 0.0428. The molecule has 13 heavy (non-hydrogen) atoms. The second-order valence-electron chi connectivity index (χ2n) is 2.71. The first-order valence-corrected chi connectivity index (χ1v) is 3.71. The zero-order valence-corrected chi connectivity index (χ0v) is 6.54. The molecule has 0 amide bonds. The normalized spacial score (nSPS) is 15.2. The van der Waals surface area contributed by atoms with Gasteiger partial charge >= 0.3 is 11.9 Å². The van der Waals surface area contributed by atoms with Gasteiger partial charge in [0.1, 0.15) is 5.82 Å². The average molecular weight is 180 g/mol. The predicted molar refractivity (Wildman–Crippen MR) is 40.5 cm³/mol. The first-order chi connectivity index (χ1) is 6.18. The SMILES string of the molecule is O=C1Cc2cccc(F)c2C(=O)O1. The minimum atomic E-state index is -0.899. The van der Waals surface area contributed by atoms with Crippen molar-refractivity contribution in [2.75, 3.05) is 0 Å². The molecule has 0 atom stereocenters. The van der Waals surface area contributed by atoms with E-state index >= 15 is 0 Å². The maximum Gasteiger partial charge on any atom is 0.349 e. The van der Waals surface area contributed by atoms with Crippen LogP contribution in [0.2, 0.25) is 0 Å². The van der Waals surface area contributed by atoms with Crippen LogP contribution < -0.4 is 0 Å². The van der Waals surface area contributed by atoms with E-state index < -0.39 is 17.8 Å². The van der Waals surface area contributed by atoms with Crippen LogP contribution in [-0.2, 0) is 16.0 Å². The summed E-state index contributed by atoms with van der Waals surface area (Å²) in [6.45, 7) is 0. The van der Waals surface area contributed by atoms with Gasteiger partial charge in [0.2, 0.25) is 0 Å². The van der Waals surface area contributed by atoms with Gasteiger partial charge in [0.25, 0.3) is 0 Å². The van der Waals surface area contributed by atoms with Gasteiger partial charge in [-0.1, -0.05) is 12.1 Å². The number of rotatable bonds is 0. The summed E-state index contributed by atoms with van der Waals surface area (Å²) in [5, 5.41) is 0. The fourth-order valence-electron chi connectivity index (χ4n) is 1.29. The molecule has 0 spiro atoms. The van der Waals surface area contributed by atoms with Crippen molar-refractivity contribution in [1.82, 2.24) is 0 Å². The van der Waals surface area contributed by atoms with Gasteiger partial charge in [-0.05, 0) is 11.6 Å². The van der Waals surface area contributed by atoms with Crippen LogP contribution in [0.3, 0.4) is 0 Å². The number of carbonyl (C=O) groups excluding carboxylic acids is 2. The van der Waals surface area contributed by atoms with Crippen molar-refractivity contribution in [2.45, 2.75) is 6.42 Å². The van der Waals surface area contributed by atoms with Gasteiger partial charge in [-0.3, -0.25) is 4.79 Å². The summed E-state index contributed by atoms with van der Waals surface area (Å²) in [4.78, 5) is 21.8. The topological polar surface area (TPSA) is 43.4 Å². The third kappa shape index (κ3) is 1.20. The molecule has 0 bridgehead atoms. The van der Waals surface area contributed by atoms with Gasteiger partial charge in [-0.15, -0.1) is 0 Å². The fraction of sp³-hybridized carbons (Fsp3) is 0.111. The standard InChI is InChI=1S/C9H5FO3/c10-6-3-1-2-5-4-7(11)13-9(12)8(5)6/h1-3H,4H2. The fourth-order valence-corrected chi connectivity index (χ4v) is 1.29. The molecular formula is C9H5FO3. The molecule has 1 aromatic carbocycles. The highest BCUT2D eigenvalue weighted by atomic mass is 19.1. The Balaban J connectivity index is 2.61. The van der Waals surface area contributed by atoms with Gasteiger partial charge in [-0.2, -0.15) is 0 Å². The maximum absolute atomic E-state index is 13.0. The highest BCUT2D eigenvalue weighted by Gasteiger charge is 2.27. The van der Waals surface area contributed by atoms with E-state index in [-0.39, 0.29) is 12.0 Å². The van der Waals surface area contributed by atoms with Crippen molar-refractivity contribution >= 4 is 11.9 Å². The Labute approximate surface area is 73.1 Å². The number of carbonyl (C=O) groups is 2. The number of hydrogen-bond acceptors (Lipinski definition) is 3. The monoisotopic (exact) mass is 180 g/mol. The second kappa shape index (κ2) is 2.65. The number of benzene rings is 1. The molecule has 66 valence electrons. The highest BCUT2D eigenvalue weighted by molar-refractivity contribution is 6.02. The molecule has 4 heteroatoms. The molecule has 0 unspecified atom stereocenters. The minimum Gasteiger partial charge on any atom is -0.389 e. The number of fused-ring (bicyclic) bond motifs is 1. The van der Waals surface area contributed by atoms with Crippen LogP contribution in [0.15, 0.2) is 18.2 Å². The Kier molecular flexibility index (Phi) is 1.62. The third-order valence-corrected chi connectivity index (χ3v) is 1.85. The summed E-state index contributed by atoms with van der Waals surface area (Å²) in [5.41, 5.74) is 0.267. The number of cyclic esters (lactones) is 2. The third-order valence-electron chi connectivity index (χ3n) is 1.85. The molecule has 1 aliphatic rings. The predicted octanol–water partition coefficient (Wildman–Crippen LogP) is 1.07. The van der Waals surface area contributed by atoms with E-state index in [9.17, 15) is 14.0 Å². The van der Waals surface area contributed by atoms with Gasteiger partial charge in [0, 0.05) is 0 Å². The van der Waals surface area contributed by atoms with Crippen molar-refractivity contribution in [1.29, 1.82) is 0 Å². The molecule has 3 nitrogen and oxygen atoms in total. The van der Waals surface area contributed by atoms with Gasteiger partial charge in [0.15, 0.2) is 0 Å². The number of halogens is 1.